The first kappa shape index (κ1) is 11.3. The zero-order valence-corrected chi connectivity index (χ0v) is 9.46. The molecule has 0 aliphatic carbocycles. The summed E-state index contributed by atoms with van der Waals surface area (Å²) in [5, 5.41) is 6.83. The molecule has 1 amide bonds. The van der Waals surface area contributed by atoms with Crippen LogP contribution in [0.1, 0.15) is 10.5 Å². The van der Waals surface area contributed by atoms with Crippen LogP contribution in [0.15, 0.2) is 42.6 Å². The molecule has 1 aromatic carbocycles. The summed E-state index contributed by atoms with van der Waals surface area (Å²) >= 11 is 0. The predicted molar refractivity (Wildman–Crippen MR) is 63.6 cm³/mol. The van der Waals surface area contributed by atoms with Crippen molar-refractivity contribution in [1.29, 1.82) is 0 Å². The van der Waals surface area contributed by atoms with E-state index < -0.39 is 0 Å². The Balaban J connectivity index is 2.04. The van der Waals surface area contributed by atoms with Gasteiger partial charge in [-0.2, -0.15) is 5.10 Å². The molecule has 17 heavy (non-hydrogen) atoms. The van der Waals surface area contributed by atoms with Gasteiger partial charge in [-0.15, -0.1) is 0 Å². The summed E-state index contributed by atoms with van der Waals surface area (Å²) in [7, 11) is 1.57. The van der Waals surface area contributed by atoms with E-state index in [-0.39, 0.29) is 5.91 Å². The Hall–Kier alpha value is -2.14. The van der Waals surface area contributed by atoms with Gasteiger partial charge in [0, 0.05) is 19.0 Å². The van der Waals surface area contributed by atoms with E-state index in [1.807, 2.05) is 30.3 Å². The number of aromatic nitrogens is 2. The average Bonchev–Trinajstić information content (AvgIpc) is 2.79. The number of rotatable bonds is 4. The summed E-state index contributed by atoms with van der Waals surface area (Å²) in [6.07, 6.45) is 1.70. The minimum absolute atomic E-state index is 0.231. The maximum Gasteiger partial charge on any atom is 0.276 e. The molecule has 0 atom stereocenters. The van der Waals surface area contributed by atoms with Crippen molar-refractivity contribution >= 4 is 11.6 Å². The van der Waals surface area contributed by atoms with Gasteiger partial charge in [0.2, 0.25) is 0 Å². The molecule has 2 rings (SSSR count). The van der Waals surface area contributed by atoms with Crippen LogP contribution in [0.25, 0.3) is 0 Å². The Morgan fingerprint density at radius 3 is 2.82 bits per heavy atom. The molecule has 0 saturated carbocycles. The van der Waals surface area contributed by atoms with E-state index in [4.69, 9.17) is 4.74 Å². The fourth-order valence-corrected chi connectivity index (χ4v) is 1.40. The van der Waals surface area contributed by atoms with E-state index >= 15 is 0 Å². The third-order valence-corrected chi connectivity index (χ3v) is 2.17. The Bertz CT molecular complexity index is 493. The van der Waals surface area contributed by atoms with Crippen LogP contribution in [0.2, 0.25) is 0 Å². The monoisotopic (exact) mass is 231 g/mol. The van der Waals surface area contributed by atoms with Crippen molar-refractivity contribution in [1.82, 2.24) is 9.78 Å². The van der Waals surface area contributed by atoms with Gasteiger partial charge in [0.05, 0.1) is 0 Å². The number of benzene rings is 1. The highest BCUT2D eigenvalue weighted by Gasteiger charge is 2.09. The molecule has 0 radical (unpaired) electrons. The summed E-state index contributed by atoms with van der Waals surface area (Å²) in [6, 6.07) is 10.9. The van der Waals surface area contributed by atoms with E-state index in [2.05, 4.69) is 10.4 Å². The van der Waals surface area contributed by atoms with E-state index in [1.54, 1.807) is 24.1 Å². The molecule has 0 aliphatic heterocycles. The second kappa shape index (κ2) is 5.27. The Morgan fingerprint density at radius 2 is 2.12 bits per heavy atom. The summed E-state index contributed by atoms with van der Waals surface area (Å²) in [5.74, 6) is -0.231. The van der Waals surface area contributed by atoms with Crippen LogP contribution in [0, 0.1) is 0 Å². The Labute approximate surface area is 99.0 Å². The van der Waals surface area contributed by atoms with Crippen molar-refractivity contribution in [3.8, 4) is 0 Å². The summed E-state index contributed by atoms with van der Waals surface area (Å²) in [6.45, 7) is 0.332. The first-order valence-corrected chi connectivity index (χ1v) is 5.18. The van der Waals surface area contributed by atoms with Crippen molar-refractivity contribution in [3.63, 3.8) is 0 Å². The number of para-hydroxylation sites is 1. The predicted octanol–water partition coefficient (Wildman–Crippen LogP) is 1.74. The van der Waals surface area contributed by atoms with Crippen molar-refractivity contribution in [2.45, 2.75) is 6.73 Å². The maximum atomic E-state index is 11.8. The number of amides is 1. The average molecular weight is 231 g/mol. The maximum absolute atomic E-state index is 11.8. The fraction of sp³-hybridized carbons (Fsp3) is 0.167. The van der Waals surface area contributed by atoms with Crippen LogP contribution in [0.3, 0.4) is 0 Å². The minimum Gasteiger partial charge on any atom is -0.362 e. The highest BCUT2D eigenvalue weighted by Crippen LogP contribution is 2.07. The van der Waals surface area contributed by atoms with Crippen LogP contribution in [0.5, 0.6) is 0 Å². The molecule has 0 aliphatic rings. The second-order valence-electron chi connectivity index (χ2n) is 3.48. The number of ether oxygens (including phenoxy) is 1. The van der Waals surface area contributed by atoms with Gasteiger partial charge < -0.3 is 10.1 Å². The fourth-order valence-electron chi connectivity index (χ4n) is 1.40. The smallest absolute Gasteiger partial charge is 0.276 e. The van der Waals surface area contributed by atoms with Crippen molar-refractivity contribution in [2.75, 3.05) is 12.4 Å². The molecule has 0 bridgehead atoms. The lowest BCUT2D eigenvalue weighted by Crippen LogP contribution is -2.13. The third-order valence-electron chi connectivity index (χ3n) is 2.17. The van der Waals surface area contributed by atoms with Crippen LogP contribution < -0.4 is 5.32 Å². The minimum atomic E-state index is -0.231. The first-order chi connectivity index (χ1) is 8.29. The number of methoxy groups -OCH3 is 1. The summed E-state index contributed by atoms with van der Waals surface area (Å²) < 4.78 is 6.46. The number of nitrogens with zero attached hydrogens (tertiary/aromatic N) is 2. The SMILES string of the molecule is COCn1ccc(C(=O)Nc2ccccc2)n1. The molecule has 88 valence electrons. The number of hydrogen-bond acceptors (Lipinski definition) is 3. The quantitative estimate of drug-likeness (QED) is 0.872. The lowest BCUT2D eigenvalue weighted by atomic mass is 10.3. The van der Waals surface area contributed by atoms with Crippen LogP contribution >= 0.6 is 0 Å². The number of anilines is 1. The van der Waals surface area contributed by atoms with Gasteiger partial charge in [-0.25, -0.2) is 4.68 Å². The van der Waals surface area contributed by atoms with Crippen molar-refractivity contribution < 1.29 is 9.53 Å². The molecule has 5 heteroatoms. The third kappa shape index (κ3) is 2.92. The molecule has 1 heterocycles. The number of carbonyl (C=O) groups is 1. The summed E-state index contributed by atoms with van der Waals surface area (Å²) in [5.41, 5.74) is 1.12. The molecule has 1 aromatic heterocycles. The Morgan fingerprint density at radius 1 is 1.35 bits per heavy atom. The van der Waals surface area contributed by atoms with Crippen LogP contribution in [-0.2, 0) is 11.5 Å². The second-order valence-corrected chi connectivity index (χ2v) is 3.48. The van der Waals surface area contributed by atoms with Gasteiger partial charge in [-0.05, 0) is 18.2 Å². The molecular weight excluding hydrogens is 218 g/mol. The van der Waals surface area contributed by atoms with E-state index in [0.29, 0.717) is 12.4 Å². The Kier molecular flexibility index (Phi) is 3.52. The lowest BCUT2D eigenvalue weighted by Gasteiger charge is -2.02. The first-order valence-electron chi connectivity index (χ1n) is 5.18. The van der Waals surface area contributed by atoms with Crippen LogP contribution in [0.4, 0.5) is 5.69 Å². The topological polar surface area (TPSA) is 56.1 Å². The van der Waals surface area contributed by atoms with Gasteiger partial charge in [0.15, 0.2) is 5.69 Å². The highest BCUT2D eigenvalue weighted by molar-refractivity contribution is 6.02. The zero-order valence-electron chi connectivity index (χ0n) is 9.46. The van der Waals surface area contributed by atoms with Crippen LogP contribution in [-0.4, -0.2) is 22.8 Å². The summed E-state index contributed by atoms with van der Waals surface area (Å²) in [4.78, 5) is 11.8. The molecule has 0 saturated heterocycles. The molecule has 0 unspecified atom stereocenters. The van der Waals surface area contributed by atoms with E-state index in [0.717, 1.165) is 5.69 Å². The largest absolute Gasteiger partial charge is 0.362 e. The molecular formula is C12H13N3O2. The number of carbonyl (C=O) groups excluding carboxylic acids is 1. The molecule has 0 spiro atoms. The van der Waals surface area contributed by atoms with Gasteiger partial charge in [0.1, 0.15) is 6.73 Å². The normalized spacial score (nSPS) is 10.2. The van der Waals surface area contributed by atoms with E-state index in [1.165, 1.54) is 0 Å². The molecule has 1 N–H and O–H groups in total. The molecule has 2 aromatic rings. The van der Waals surface area contributed by atoms with Crippen molar-refractivity contribution in [3.05, 3.63) is 48.3 Å². The highest BCUT2D eigenvalue weighted by atomic mass is 16.5. The van der Waals surface area contributed by atoms with Crippen molar-refractivity contribution in [2.24, 2.45) is 0 Å². The van der Waals surface area contributed by atoms with E-state index in [9.17, 15) is 4.79 Å². The lowest BCUT2D eigenvalue weighted by molar-refractivity contribution is 0.101. The molecule has 5 nitrogen and oxygen atoms in total. The standard InChI is InChI=1S/C12H13N3O2/c1-17-9-15-8-7-11(14-15)12(16)13-10-5-3-2-4-6-10/h2-8H,9H2,1H3,(H,13,16). The van der Waals surface area contributed by atoms with Gasteiger partial charge in [-0.1, -0.05) is 18.2 Å². The van der Waals surface area contributed by atoms with Gasteiger partial charge in [-0.3, -0.25) is 4.79 Å². The zero-order chi connectivity index (χ0) is 12.1. The number of hydrogen-bond donors (Lipinski definition) is 1. The van der Waals surface area contributed by atoms with Gasteiger partial charge >= 0.3 is 0 Å². The number of nitrogens with one attached hydrogen (secondary N) is 1. The molecule has 0 fully saturated rings. The van der Waals surface area contributed by atoms with Gasteiger partial charge in [0.25, 0.3) is 5.91 Å².